The zero-order valence-corrected chi connectivity index (χ0v) is 12.4. The molecular formula is C13H17BrClNO2. The minimum Gasteiger partial charge on any atom is -0.388 e. The van der Waals surface area contributed by atoms with Crippen LogP contribution in [0.2, 0.25) is 5.02 Å². The molecule has 0 aliphatic carbocycles. The van der Waals surface area contributed by atoms with Gasteiger partial charge in [0, 0.05) is 23.0 Å². The average Bonchev–Trinajstić information content (AvgIpc) is 2.42. The lowest BCUT2D eigenvalue weighted by Crippen LogP contribution is -2.43. The molecule has 1 aromatic rings. The lowest BCUT2D eigenvalue weighted by Gasteiger charge is -2.40. The molecule has 3 N–H and O–H groups in total. The molecule has 1 heterocycles. The molecule has 1 aliphatic rings. The Morgan fingerprint density at radius 3 is 2.89 bits per heavy atom. The first-order valence-corrected chi connectivity index (χ1v) is 7.17. The average molecular weight is 335 g/mol. The normalized spacial score (nSPS) is 26.0. The predicted molar refractivity (Wildman–Crippen MR) is 75.7 cm³/mol. The van der Waals surface area contributed by atoms with Gasteiger partial charge in [-0.3, -0.25) is 0 Å². The quantitative estimate of drug-likeness (QED) is 0.893. The molecule has 1 fully saturated rings. The molecule has 2 unspecified atom stereocenters. The lowest BCUT2D eigenvalue weighted by atomic mass is 9.75. The third-order valence-corrected chi connectivity index (χ3v) is 4.81. The highest BCUT2D eigenvalue weighted by Gasteiger charge is 2.39. The van der Waals surface area contributed by atoms with Crippen molar-refractivity contribution in [3.63, 3.8) is 0 Å². The Morgan fingerprint density at radius 1 is 1.56 bits per heavy atom. The fraction of sp³-hybridized carbons (Fsp3) is 0.538. The van der Waals surface area contributed by atoms with Crippen molar-refractivity contribution in [2.45, 2.75) is 18.9 Å². The third kappa shape index (κ3) is 2.73. The van der Waals surface area contributed by atoms with Crippen LogP contribution in [0.3, 0.4) is 0 Å². The van der Waals surface area contributed by atoms with Crippen molar-refractivity contribution in [2.24, 2.45) is 11.1 Å². The van der Waals surface area contributed by atoms with Crippen LogP contribution in [0, 0.1) is 5.41 Å². The van der Waals surface area contributed by atoms with Gasteiger partial charge in [0.2, 0.25) is 0 Å². The van der Waals surface area contributed by atoms with Crippen LogP contribution >= 0.6 is 27.5 Å². The van der Waals surface area contributed by atoms with Gasteiger partial charge in [0.15, 0.2) is 0 Å². The van der Waals surface area contributed by atoms with Gasteiger partial charge in [0.05, 0.1) is 17.7 Å². The highest BCUT2D eigenvalue weighted by Crippen LogP contribution is 2.41. The first-order valence-electron chi connectivity index (χ1n) is 6.00. The van der Waals surface area contributed by atoms with Crippen LogP contribution in [-0.4, -0.2) is 24.9 Å². The molecule has 5 heteroatoms. The summed E-state index contributed by atoms with van der Waals surface area (Å²) in [5.74, 6) is 0. The Kier molecular flexibility index (Phi) is 4.67. The van der Waals surface area contributed by atoms with Gasteiger partial charge in [0.1, 0.15) is 0 Å². The van der Waals surface area contributed by atoms with E-state index in [4.69, 9.17) is 22.1 Å². The van der Waals surface area contributed by atoms with Crippen LogP contribution in [-0.2, 0) is 4.74 Å². The maximum Gasteiger partial charge on any atom is 0.0880 e. The van der Waals surface area contributed by atoms with E-state index in [0.29, 0.717) is 18.2 Å². The van der Waals surface area contributed by atoms with Gasteiger partial charge in [-0.15, -0.1) is 0 Å². The van der Waals surface area contributed by atoms with Gasteiger partial charge in [0.25, 0.3) is 0 Å². The Morgan fingerprint density at radius 2 is 2.33 bits per heavy atom. The minimum absolute atomic E-state index is 0.383. The summed E-state index contributed by atoms with van der Waals surface area (Å²) in [6.45, 7) is 1.66. The summed E-state index contributed by atoms with van der Waals surface area (Å²) in [5.41, 5.74) is 6.30. The highest BCUT2D eigenvalue weighted by atomic mass is 79.9. The predicted octanol–water partition coefficient (Wildman–Crippen LogP) is 2.89. The van der Waals surface area contributed by atoms with Gasteiger partial charge in [-0.2, -0.15) is 0 Å². The van der Waals surface area contributed by atoms with Crippen molar-refractivity contribution < 1.29 is 9.84 Å². The van der Waals surface area contributed by atoms with E-state index in [0.717, 1.165) is 29.5 Å². The van der Waals surface area contributed by atoms with Crippen molar-refractivity contribution in [1.29, 1.82) is 0 Å². The van der Waals surface area contributed by atoms with Gasteiger partial charge < -0.3 is 15.6 Å². The van der Waals surface area contributed by atoms with Crippen molar-refractivity contribution in [3.8, 4) is 0 Å². The van der Waals surface area contributed by atoms with E-state index in [2.05, 4.69) is 15.9 Å². The maximum atomic E-state index is 10.6. The first kappa shape index (κ1) is 14.3. The van der Waals surface area contributed by atoms with E-state index < -0.39 is 6.10 Å². The number of hydrogen-bond acceptors (Lipinski definition) is 3. The summed E-state index contributed by atoms with van der Waals surface area (Å²) < 4.78 is 6.28. The molecule has 0 aromatic heterocycles. The third-order valence-electron chi connectivity index (χ3n) is 3.60. The molecule has 1 aliphatic heterocycles. The van der Waals surface area contributed by atoms with Crippen LogP contribution in [0.25, 0.3) is 0 Å². The molecule has 0 spiro atoms. The fourth-order valence-electron chi connectivity index (χ4n) is 2.40. The number of hydrogen-bond donors (Lipinski definition) is 2. The SMILES string of the molecule is NCC1(C(O)c2ccc(Cl)c(Br)c2)CCCOC1. The molecule has 1 saturated heterocycles. The molecule has 1 aromatic carbocycles. The highest BCUT2D eigenvalue weighted by molar-refractivity contribution is 9.10. The number of ether oxygens (including phenoxy) is 1. The van der Waals surface area contributed by atoms with E-state index in [9.17, 15) is 5.11 Å². The van der Waals surface area contributed by atoms with Gasteiger partial charge in [-0.05, 0) is 46.5 Å². The molecule has 3 nitrogen and oxygen atoms in total. The van der Waals surface area contributed by atoms with Crippen molar-refractivity contribution >= 4 is 27.5 Å². The van der Waals surface area contributed by atoms with Gasteiger partial charge >= 0.3 is 0 Å². The second kappa shape index (κ2) is 5.88. The summed E-state index contributed by atoms with van der Waals surface area (Å²) >= 11 is 9.33. The summed E-state index contributed by atoms with van der Waals surface area (Å²) in [6.07, 6.45) is 1.19. The summed E-state index contributed by atoms with van der Waals surface area (Å²) in [7, 11) is 0. The van der Waals surface area contributed by atoms with Gasteiger partial charge in [-0.1, -0.05) is 17.7 Å². The molecule has 18 heavy (non-hydrogen) atoms. The van der Waals surface area contributed by atoms with Crippen LogP contribution in [0.4, 0.5) is 0 Å². The molecule has 0 bridgehead atoms. The van der Waals surface area contributed by atoms with Crippen LogP contribution < -0.4 is 5.73 Å². The number of rotatable bonds is 3. The standard InChI is InChI=1S/C13H17BrClNO2/c14-10-6-9(2-3-11(10)15)12(17)13(7-16)4-1-5-18-8-13/h2-3,6,12,17H,1,4-5,7-8,16H2. The number of halogens is 2. The van der Waals surface area contributed by atoms with E-state index >= 15 is 0 Å². The molecule has 2 rings (SSSR count). The monoisotopic (exact) mass is 333 g/mol. The van der Waals surface area contributed by atoms with E-state index in [-0.39, 0.29) is 5.41 Å². The zero-order valence-electron chi connectivity index (χ0n) is 10.0. The van der Waals surface area contributed by atoms with Crippen molar-refractivity contribution in [3.05, 3.63) is 33.3 Å². The summed E-state index contributed by atoms with van der Waals surface area (Å²) in [4.78, 5) is 0. The van der Waals surface area contributed by atoms with Crippen LogP contribution in [0.15, 0.2) is 22.7 Å². The van der Waals surface area contributed by atoms with E-state index in [1.54, 1.807) is 6.07 Å². The van der Waals surface area contributed by atoms with Gasteiger partial charge in [-0.25, -0.2) is 0 Å². The maximum absolute atomic E-state index is 10.6. The Labute approximate surface area is 120 Å². The second-order valence-corrected chi connectivity index (χ2v) is 6.06. The molecule has 100 valence electrons. The molecule has 0 radical (unpaired) electrons. The molecule has 2 atom stereocenters. The zero-order chi connectivity index (χ0) is 13.2. The Bertz CT molecular complexity index is 421. The van der Waals surface area contributed by atoms with Crippen molar-refractivity contribution in [1.82, 2.24) is 0 Å². The minimum atomic E-state index is -0.628. The largest absolute Gasteiger partial charge is 0.388 e. The summed E-state index contributed by atoms with van der Waals surface area (Å²) in [6, 6.07) is 5.46. The Hall–Kier alpha value is -0.130. The second-order valence-electron chi connectivity index (χ2n) is 4.80. The molecule has 0 amide bonds. The van der Waals surface area contributed by atoms with E-state index in [1.807, 2.05) is 12.1 Å². The molecular weight excluding hydrogens is 318 g/mol. The lowest BCUT2D eigenvalue weighted by molar-refractivity contribution is -0.0782. The summed E-state index contributed by atoms with van der Waals surface area (Å²) in [5, 5.41) is 11.2. The van der Waals surface area contributed by atoms with Crippen molar-refractivity contribution in [2.75, 3.05) is 19.8 Å². The number of aliphatic hydroxyl groups excluding tert-OH is 1. The van der Waals surface area contributed by atoms with E-state index in [1.165, 1.54) is 0 Å². The first-order chi connectivity index (χ1) is 8.59. The Balaban J connectivity index is 2.27. The number of benzene rings is 1. The number of aliphatic hydroxyl groups is 1. The number of nitrogens with two attached hydrogens (primary N) is 1. The van der Waals surface area contributed by atoms with Crippen LogP contribution in [0.1, 0.15) is 24.5 Å². The molecule has 0 saturated carbocycles. The van der Waals surface area contributed by atoms with Crippen LogP contribution in [0.5, 0.6) is 0 Å². The topological polar surface area (TPSA) is 55.5 Å². The fourth-order valence-corrected chi connectivity index (χ4v) is 2.91. The smallest absolute Gasteiger partial charge is 0.0880 e.